The van der Waals surface area contributed by atoms with Crippen molar-refractivity contribution >= 4 is 15.7 Å². The lowest BCUT2D eigenvalue weighted by Gasteiger charge is -2.14. The summed E-state index contributed by atoms with van der Waals surface area (Å²) in [5.74, 6) is 0. The number of methoxy groups -OCH3 is 1. The minimum Gasteiger partial charge on any atom is -0.383 e. The van der Waals surface area contributed by atoms with Gasteiger partial charge in [-0.15, -0.1) is 0 Å². The maximum atomic E-state index is 11.0. The van der Waals surface area contributed by atoms with E-state index in [2.05, 4.69) is 5.32 Å². The zero-order valence-electron chi connectivity index (χ0n) is 9.30. The van der Waals surface area contributed by atoms with E-state index in [0.29, 0.717) is 6.61 Å². The Hall–Kier alpha value is -1.11. The van der Waals surface area contributed by atoms with E-state index in [9.17, 15) is 8.42 Å². The van der Waals surface area contributed by atoms with Gasteiger partial charge < -0.3 is 10.1 Å². The summed E-state index contributed by atoms with van der Waals surface area (Å²) in [6.07, 6.45) is 0. The highest BCUT2D eigenvalue weighted by Gasteiger charge is 2.07. The van der Waals surface area contributed by atoms with E-state index < -0.39 is 10.0 Å². The van der Waals surface area contributed by atoms with Crippen molar-refractivity contribution < 1.29 is 13.2 Å². The molecular weight excluding hydrogens is 228 g/mol. The van der Waals surface area contributed by atoms with Crippen LogP contribution < -0.4 is 10.5 Å². The van der Waals surface area contributed by atoms with Crippen LogP contribution in [0.25, 0.3) is 0 Å². The molecule has 0 aliphatic heterocycles. The quantitative estimate of drug-likeness (QED) is 0.802. The highest BCUT2D eigenvalue weighted by Crippen LogP contribution is 2.13. The molecule has 0 fully saturated rings. The van der Waals surface area contributed by atoms with Gasteiger partial charge in [0.15, 0.2) is 0 Å². The van der Waals surface area contributed by atoms with E-state index in [-0.39, 0.29) is 10.9 Å². The number of hydrogen-bond acceptors (Lipinski definition) is 4. The first-order valence-electron chi connectivity index (χ1n) is 4.82. The minimum atomic E-state index is -3.61. The molecule has 0 amide bonds. The third-order valence-corrected chi connectivity index (χ3v) is 2.94. The molecule has 6 heteroatoms. The fraction of sp³-hybridized carbons (Fsp3) is 0.400. The summed E-state index contributed by atoms with van der Waals surface area (Å²) in [6.45, 7) is 2.55. The van der Waals surface area contributed by atoms with Crippen molar-refractivity contribution in [1.82, 2.24) is 0 Å². The Morgan fingerprint density at radius 2 is 1.94 bits per heavy atom. The van der Waals surface area contributed by atoms with Crippen molar-refractivity contribution in [3.63, 3.8) is 0 Å². The van der Waals surface area contributed by atoms with Crippen LogP contribution in [0.3, 0.4) is 0 Å². The maximum absolute atomic E-state index is 11.0. The average molecular weight is 244 g/mol. The van der Waals surface area contributed by atoms with Crippen molar-refractivity contribution in [3.05, 3.63) is 24.3 Å². The lowest BCUT2D eigenvalue weighted by Crippen LogP contribution is -2.20. The summed E-state index contributed by atoms with van der Waals surface area (Å²) in [6, 6.07) is 6.44. The van der Waals surface area contributed by atoms with E-state index in [1.54, 1.807) is 19.2 Å². The summed E-state index contributed by atoms with van der Waals surface area (Å²) in [4.78, 5) is 0.109. The number of sulfonamides is 1. The molecule has 1 unspecified atom stereocenters. The van der Waals surface area contributed by atoms with Gasteiger partial charge >= 0.3 is 0 Å². The lowest BCUT2D eigenvalue weighted by molar-refractivity contribution is 0.190. The number of ether oxygens (including phenoxy) is 1. The van der Waals surface area contributed by atoms with Crippen LogP contribution in [0, 0.1) is 0 Å². The Balaban J connectivity index is 2.72. The summed E-state index contributed by atoms with van der Waals surface area (Å²) in [7, 11) is -1.98. The average Bonchev–Trinajstić information content (AvgIpc) is 2.17. The number of benzene rings is 1. The van der Waals surface area contributed by atoms with E-state index in [4.69, 9.17) is 9.88 Å². The first-order chi connectivity index (χ1) is 7.43. The smallest absolute Gasteiger partial charge is 0.238 e. The molecule has 0 radical (unpaired) electrons. The Bertz CT molecular complexity index is 428. The van der Waals surface area contributed by atoms with E-state index >= 15 is 0 Å². The monoisotopic (exact) mass is 244 g/mol. The van der Waals surface area contributed by atoms with Crippen LogP contribution in [0.2, 0.25) is 0 Å². The molecule has 1 atom stereocenters. The number of rotatable bonds is 5. The molecule has 0 aromatic heterocycles. The van der Waals surface area contributed by atoms with E-state index in [1.807, 2.05) is 6.92 Å². The predicted molar refractivity (Wildman–Crippen MR) is 62.8 cm³/mol. The summed E-state index contributed by atoms with van der Waals surface area (Å²) < 4.78 is 27.0. The van der Waals surface area contributed by atoms with E-state index in [0.717, 1.165) is 5.69 Å². The molecule has 1 rings (SSSR count). The van der Waals surface area contributed by atoms with Gasteiger partial charge in [0.1, 0.15) is 0 Å². The third kappa shape index (κ3) is 3.80. The van der Waals surface area contributed by atoms with Gasteiger partial charge in [-0.3, -0.25) is 0 Å². The topological polar surface area (TPSA) is 81.4 Å². The number of nitrogens with one attached hydrogen (secondary N) is 1. The van der Waals surface area contributed by atoms with Crippen LogP contribution in [0.1, 0.15) is 6.92 Å². The van der Waals surface area contributed by atoms with Crippen LogP contribution in [0.15, 0.2) is 29.2 Å². The zero-order valence-corrected chi connectivity index (χ0v) is 10.1. The van der Waals surface area contributed by atoms with Crippen molar-refractivity contribution in [2.24, 2.45) is 5.14 Å². The van der Waals surface area contributed by atoms with Gasteiger partial charge in [-0.25, -0.2) is 13.6 Å². The van der Waals surface area contributed by atoms with Gasteiger partial charge in [-0.2, -0.15) is 0 Å². The van der Waals surface area contributed by atoms with Gasteiger partial charge in [0.25, 0.3) is 0 Å². The molecule has 3 N–H and O–H groups in total. The van der Waals surface area contributed by atoms with Crippen LogP contribution >= 0.6 is 0 Å². The molecule has 0 saturated heterocycles. The number of hydrogen-bond donors (Lipinski definition) is 2. The van der Waals surface area contributed by atoms with Gasteiger partial charge in [0, 0.05) is 18.8 Å². The fourth-order valence-corrected chi connectivity index (χ4v) is 1.83. The fourth-order valence-electron chi connectivity index (χ4n) is 1.32. The maximum Gasteiger partial charge on any atom is 0.238 e. The van der Waals surface area contributed by atoms with Gasteiger partial charge in [0.05, 0.1) is 11.5 Å². The van der Waals surface area contributed by atoms with Crippen LogP contribution in [0.5, 0.6) is 0 Å². The molecule has 0 heterocycles. The molecular formula is C10H16N2O3S. The van der Waals surface area contributed by atoms with Crippen molar-refractivity contribution in [1.29, 1.82) is 0 Å². The van der Waals surface area contributed by atoms with Gasteiger partial charge in [-0.1, -0.05) is 0 Å². The molecule has 0 aliphatic rings. The molecule has 5 nitrogen and oxygen atoms in total. The highest BCUT2D eigenvalue weighted by molar-refractivity contribution is 7.89. The Labute approximate surface area is 95.7 Å². The summed E-state index contributed by atoms with van der Waals surface area (Å²) in [5.41, 5.74) is 0.831. The first kappa shape index (κ1) is 13.0. The zero-order chi connectivity index (χ0) is 12.2. The van der Waals surface area contributed by atoms with Crippen LogP contribution in [-0.2, 0) is 14.8 Å². The molecule has 0 spiro atoms. The largest absolute Gasteiger partial charge is 0.383 e. The van der Waals surface area contributed by atoms with Gasteiger partial charge in [0.2, 0.25) is 10.0 Å². The predicted octanol–water partition coefficient (Wildman–Crippen LogP) is 0.781. The summed E-state index contributed by atoms with van der Waals surface area (Å²) >= 11 is 0. The molecule has 1 aromatic carbocycles. The van der Waals surface area contributed by atoms with Crippen molar-refractivity contribution in [2.75, 3.05) is 19.0 Å². The second-order valence-electron chi connectivity index (χ2n) is 3.57. The van der Waals surface area contributed by atoms with E-state index in [1.165, 1.54) is 12.1 Å². The van der Waals surface area contributed by atoms with Crippen LogP contribution in [0.4, 0.5) is 5.69 Å². The second-order valence-corrected chi connectivity index (χ2v) is 5.13. The highest BCUT2D eigenvalue weighted by atomic mass is 32.2. The molecule has 0 saturated carbocycles. The van der Waals surface area contributed by atoms with Crippen molar-refractivity contribution in [3.8, 4) is 0 Å². The Morgan fingerprint density at radius 3 is 2.38 bits per heavy atom. The Morgan fingerprint density at radius 1 is 1.38 bits per heavy atom. The summed E-state index contributed by atoms with van der Waals surface area (Å²) in [5, 5.41) is 8.15. The minimum absolute atomic E-state index is 0.109. The first-order valence-corrected chi connectivity index (χ1v) is 6.36. The molecule has 0 bridgehead atoms. The SMILES string of the molecule is COCC(C)Nc1ccc(S(N)(=O)=O)cc1. The molecule has 1 aromatic rings. The van der Waals surface area contributed by atoms with Gasteiger partial charge in [-0.05, 0) is 31.2 Å². The number of nitrogens with two attached hydrogens (primary N) is 1. The molecule has 0 aliphatic carbocycles. The standard InChI is InChI=1S/C10H16N2O3S/c1-8(7-15-2)12-9-3-5-10(6-4-9)16(11,13)14/h3-6,8,12H,7H2,1-2H3,(H2,11,13,14). The number of primary sulfonamides is 1. The Kier molecular flexibility index (Phi) is 4.28. The number of anilines is 1. The third-order valence-electron chi connectivity index (χ3n) is 2.01. The molecule has 16 heavy (non-hydrogen) atoms. The second kappa shape index (κ2) is 5.29. The van der Waals surface area contributed by atoms with Crippen LogP contribution in [-0.4, -0.2) is 28.2 Å². The lowest BCUT2D eigenvalue weighted by atomic mass is 10.3. The van der Waals surface area contributed by atoms with Crippen molar-refractivity contribution in [2.45, 2.75) is 17.9 Å². The normalized spacial score (nSPS) is 13.4. The molecule has 90 valence electrons.